The van der Waals surface area contributed by atoms with Crippen molar-refractivity contribution in [3.63, 3.8) is 0 Å². The molecule has 2 heteroatoms. The van der Waals surface area contributed by atoms with Crippen molar-refractivity contribution in [2.75, 3.05) is 6.61 Å². The molecule has 0 aromatic heterocycles. The number of hydrogen-bond donors (Lipinski definition) is 0. The summed E-state index contributed by atoms with van der Waals surface area (Å²) in [6.45, 7) is 5.07. The van der Waals surface area contributed by atoms with Gasteiger partial charge in [-0.1, -0.05) is 32.0 Å². The Morgan fingerprint density at radius 3 is 2.58 bits per heavy atom. The SMILES string of the molecule is CC(C)COc1ccccc1P. The lowest BCUT2D eigenvalue weighted by Gasteiger charge is -2.10. The zero-order valence-electron chi connectivity index (χ0n) is 7.58. The van der Waals surface area contributed by atoms with Crippen molar-refractivity contribution in [3.05, 3.63) is 24.3 Å². The van der Waals surface area contributed by atoms with Gasteiger partial charge in [-0.15, -0.1) is 9.24 Å². The summed E-state index contributed by atoms with van der Waals surface area (Å²) < 4.78 is 5.58. The summed E-state index contributed by atoms with van der Waals surface area (Å²) in [5.74, 6) is 1.55. The molecule has 0 saturated carbocycles. The molecule has 1 unspecified atom stereocenters. The second-order valence-electron chi connectivity index (χ2n) is 3.24. The van der Waals surface area contributed by atoms with E-state index in [4.69, 9.17) is 4.74 Å². The highest BCUT2D eigenvalue weighted by atomic mass is 31.0. The van der Waals surface area contributed by atoms with E-state index in [0.29, 0.717) is 5.92 Å². The van der Waals surface area contributed by atoms with Gasteiger partial charge in [0.2, 0.25) is 0 Å². The van der Waals surface area contributed by atoms with Crippen LogP contribution < -0.4 is 10.0 Å². The minimum absolute atomic E-state index is 0.578. The average Bonchev–Trinajstić information content (AvgIpc) is 2.03. The van der Waals surface area contributed by atoms with Gasteiger partial charge in [-0.25, -0.2) is 0 Å². The largest absolute Gasteiger partial charge is 0.493 e. The van der Waals surface area contributed by atoms with E-state index in [-0.39, 0.29) is 0 Å². The molecule has 1 atom stereocenters. The van der Waals surface area contributed by atoms with Gasteiger partial charge in [0.1, 0.15) is 5.75 Å². The summed E-state index contributed by atoms with van der Waals surface area (Å²) in [7, 11) is 2.67. The van der Waals surface area contributed by atoms with Crippen LogP contribution in [0, 0.1) is 5.92 Å². The minimum atomic E-state index is 0.578. The lowest BCUT2D eigenvalue weighted by Crippen LogP contribution is -2.08. The molecule has 0 amide bonds. The smallest absolute Gasteiger partial charge is 0.126 e. The summed E-state index contributed by atoms with van der Waals surface area (Å²) in [6, 6.07) is 8.01. The van der Waals surface area contributed by atoms with Crippen LogP contribution >= 0.6 is 9.24 Å². The third kappa shape index (κ3) is 2.83. The Hall–Kier alpha value is -0.550. The predicted octanol–water partition coefficient (Wildman–Crippen LogP) is 2.22. The highest BCUT2D eigenvalue weighted by Gasteiger charge is 1.98. The molecule has 1 aromatic carbocycles. The number of hydrogen-bond acceptors (Lipinski definition) is 1. The number of para-hydroxylation sites is 1. The molecule has 0 aliphatic carbocycles. The average molecular weight is 182 g/mol. The van der Waals surface area contributed by atoms with E-state index in [2.05, 4.69) is 23.1 Å². The molecule has 12 heavy (non-hydrogen) atoms. The Labute approximate surface area is 76.3 Å². The third-order valence-electron chi connectivity index (χ3n) is 1.49. The Bertz CT molecular complexity index is 245. The van der Waals surface area contributed by atoms with Crippen LogP contribution in [0.15, 0.2) is 24.3 Å². The van der Waals surface area contributed by atoms with Gasteiger partial charge in [0.25, 0.3) is 0 Å². The zero-order valence-corrected chi connectivity index (χ0v) is 8.73. The molecule has 0 radical (unpaired) electrons. The first-order chi connectivity index (χ1) is 5.70. The maximum Gasteiger partial charge on any atom is 0.126 e. The summed E-state index contributed by atoms with van der Waals surface area (Å²) in [4.78, 5) is 0. The monoisotopic (exact) mass is 182 g/mol. The highest BCUT2D eigenvalue weighted by molar-refractivity contribution is 7.27. The molecule has 0 bridgehead atoms. The van der Waals surface area contributed by atoms with E-state index >= 15 is 0 Å². The van der Waals surface area contributed by atoms with Crippen LogP contribution in [0.3, 0.4) is 0 Å². The van der Waals surface area contributed by atoms with E-state index in [1.165, 1.54) is 0 Å². The lowest BCUT2D eigenvalue weighted by atomic mass is 10.2. The number of benzene rings is 1. The fourth-order valence-corrected chi connectivity index (χ4v) is 1.16. The molecule has 0 fully saturated rings. The van der Waals surface area contributed by atoms with Crippen molar-refractivity contribution in [2.24, 2.45) is 5.92 Å². The van der Waals surface area contributed by atoms with Crippen molar-refractivity contribution in [2.45, 2.75) is 13.8 Å². The van der Waals surface area contributed by atoms with Gasteiger partial charge in [0, 0.05) is 5.30 Å². The van der Waals surface area contributed by atoms with Gasteiger partial charge in [0.15, 0.2) is 0 Å². The minimum Gasteiger partial charge on any atom is -0.493 e. The Morgan fingerprint density at radius 2 is 2.00 bits per heavy atom. The Balaban J connectivity index is 2.57. The molecule has 0 heterocycles. The van der Waals surface area contributed by atoms with E-state index < -0.39 is 0 Å². The van der Waals surface area contributed by atoms with Crippen molar-refractivity contribution in [1.29, 1.82) is 0 Å². The van der Waals surface area contributed by atoms with E-state index in [9.17, 15) is 0 Å². The summed E-state index contributed by atoms with van der Waals surface area (Å²) in [5.41, 5.74) is 0. The quantitative estimate of drug-likeness (QED) is 0.651. The van der Waals surface area contributed by atoms with Crippen LogP contribution in [0.4, 0.5) is 0 Å². The fraction of sp³-hybridized carbons (Fsp3) is 0.400. The molecule has 1 aromatic rings. The van der Waals surface area contributed by atoms with Gasteiger partial charge in [-0.3, -0.25) is 0 Å². The predicted molar refractivity (Wildman–Crippen MR) is 56.1 cm³/mol. The molecule has 0 aliphatic rings. The maximum absolute atomic E-state index is 5.58. The molecule has 1 nitrogen and oxygen atoms in total. The lowest BCUT2D eigenvalue weighted by molar-refractivity contribution is 0.273. The van der Waals surface area contributed by atoms with Crippen LogP contribution in [-0.4, -0.2) is 6.61 Å². The Morgan fingerprint density at radius 1 is 1.33 bits per heavy atom. The second kappa shape index (κ2) is 4.47. The molecule has 0 N–H and O–H groups in total. The maximum atomic E-state index is 5.58. The summed E-state index contributed by atoms with van der Waals surface area (Å²) in [6.07, 6.45) is 0. The Kier molecular flexibility index (Phi) is 3.55. The van der Waals surface area contributed by atoms with Crippen molar-refractivity contribution in [1.82, 2.24) is 0 Å². The second-order valence-corrected chi connectivity index (χ2v) is 3.86. The fourth-order valence-electron chi connectivity index (χ4n) is 0.868. The van der Waals surface area contributed by atoms with Crippen LogP contribution in [0.2, 0.25) is 0 Å². The molecule has 66 valence electrons. The summed E-state index contributed by atoms with van der Waals surface area (Å²) in [5, 5.41) is 1.12. The standard InChI is InChI=1S/C10H15OP/c1-8(2)7-11-9-5-3-4-6-10(9)12/h3-6,8H,7,12H2,1-2H3. The van der Waals surface area contributed by atoms with Crippen LogP contribution in [0.1, 0.15) is 13.8 Å². The number of ether oxygens (including phenoxy) is 1. The first-order valence-electron chi connectivity index (χ1n) is 4.17. The van der Waals surface area contributed by atoms with E-state index in [1.54, 1.807) is 0 Å². The first kappa shape index (κ1) is 9.54. The van der Waals surface area contributed by atoms with Gasteiger partial charge < -0.3 is 4.74 Å². The van der Waals surface area contributed by atoms with Gasteiger partial charge in [-0.05, 0) is 12.0 Å². The van der Waals surface area contributed by atoms with Gasteiger partial charge in [-0.2, -0.15) is 0 Å². The molecular formula is C10H15OP. The van der Waals surface area contributed by atoms with Gasteiger partial charge in [0.05, 0.1) is 6.61 Å². The molecule has 0 aliphatic heterocycles. The van der Waals surface area contributed by atoms with E-state index in [1.807, 2.05) is 24.3 Å². The van der Waals surface area contributed by atoms with Crippen LogP contribution in [0.25, 0.3) is 0 Å². The normalized spacial score (nSPS) is 10.3. The van der Waals surface area contributed by atoms with Gasteiger partial charge >= 0.3 is 0 Å². The topological polar surface area (TPSA) is 9.23 Å². The first-order valence-corrected chi connectivity index (χ1v) is 4.75. The zero-order chi connectivity index (χ0) is 8.97. The van der Waals surface area contributed by atoms with Crippen LogP contribution in [0.5, 0.6) is 5.75 Å². The van der Waals surface area contributed by atoms with Crippen molar-refractivity contribution < 1.29 is 4.74 Å². The molecular weight excluding hydrogens is 167 g/mol. The van der Waals surface area contributed by atoms with Crippen molar-refractivity contribution >= 4 is 14.5 Å². The molecule has 1 rings (SSSR count). The summed E-state index contributed by atoms with van der Waals surface area (Å²) >= 11 is 0. The number of rotatable bonds is 3. The van der Waals surface area contributed by atoms with Crippen LogP contribution in [-0.2, 0) is 0 Å². The third-order valence-corrected chi connectivity index (χ3v) is 1.97. The van der Waals surface area contributed by atoms with E-state index in [0.717, 1.165) is 17.7 Å². The molecule has 0 spiro atoms. The van der Waals surface area contributed by atoms with Crippen molar-refractivity contribution in [3.8, 4) is 5.75 Å². The highest BCUT2D eigenvalue weighted by Crippen LogP contribution is 2.10. The molecule has 0 saturated heterocycles.